The first-order valence-corrected chi connectivity index (χ1v) is 7.41. The number of nitrogens with one attached hydrogen (secondary N) is 1. The molecule has 0 amide bonds. The molecule has 0 saturated heterocycles. The fraction of sp³-hybridized carbons (Fsp3) is 0.118. The maximum atomic E-state index is 9.17. The molecule has 0 fully saturated rings. The molecule has 1 heterocycles. The molecular formula is C17H14N2S. The van der Waals surface area contributed by atoms with Gasteiger partial charge in [0.25, 0.3) is 0 Å². The van der Waals surface area contributed by atoms with Crippen LogP contribution in [0.25, 0.3) is 10.8 Å². The van der Waals surface area contributed by atoms with Gasteiger partial charge in [0.2, 0.25) is 0 Å². The van der Waals surface area contributed by atoms with Crippen LogP contribution in [0.4, 0.5) is 5.69 Å². The summed E-state index contributed by atoms with van der Waals surface area (Å²) in [6, 6.07) is 14.1. The topological polar surface area (TPSA) is 35.8 Å². The van der Waals surface area contributed by atoms with Crippen molar-refractivity contribution >= 4 is 27.8 Å². The summed E-state index contributed by atoms with van der Waals surface area (Å²) in [6.45, 7) is 2.94. The number of rotatable bonds is 3. The highest BCUT2D eigenvalue weighted by Gasteiger charge is 2.06. The van der Waals surface area contributed by atoms with Gasteiger partial charge in [0.1, 0.15) is 0 Å². The molecule has 0 bridgehead atoms. The molecule has 98 valence electrons. The van der Waals surface area contributed by atoms with Crippen molar-refractivity contribution in [2.75, 3.05) is 5.32 Å². The third-order valence-electron chi connectivity index (χ3n) is 3.48. The molecule has 0 spiro atoms. The molecular weight excluding hydrogens is 264 g/mol. The monoisotopic (exact) mass is 278 g/mol. The standard InChI is InChI=1S/C17H14N2S/c1-12-10-20-11-14(12)9-19-17-7-6-13(8-18)15-4-2-3-5-16(15)17/h2-7,10-11,19H,9H2,1H3. The molecule has 0 saturated carbocycles. The van der Waals surface area contributed by atoms with Gasteiger partial charge in [0.15, 0.2) is 0 Å². The maximum Gasteiger partial charge on any atom is 0.0998 e. The summed E-state index contributed by atoms with van der Waals surface area (Å²) in [7, 11) is 0. The number of aryl methyl sites for hydroxylation is 1. The Hall–Kier alpha value is -2.31. The van der Waals surface area contributed by atoms with Crippen LogP contribution >= 0.6 is 11.3 Å². The van der Waals surface area contributed by atoms with Crippen LogP contribution in [-0.4, -0.2) is 0 Å². The first-order valence-electron chi connectivity index (χ1n) is 6.47. The van der Waals surface area contributed by atoms with Crippen molar-refractivity contribution in [2.24, 2.45) is 0 Å². The SMILES string of the molecule is Cc1cscc1CNc1ccc(C#N)c2ccccc12. The van der Waals surface area contributed by atoms with E-state index in [-0.39, 0.29) is 0 Å². The van der Waals surface area contributed by atoms with E-state index in [4.69, 9.17) is 0 Å². The van der Waals surface area contributed by atoms with Crippen molar-refractivity contribution in [2.45, 2.75) is 13.5 Å². The number of hydrogen-bond donors (Lipinski definition) is 1. The van der Waals surface area contributed by atoms with Gasteiger partial charge in [-0.05, 0) is 40.9 Å². The third-order valence-corrected chi connectivity index (χ3v) is 4.39. The Morgan fingerprint density at radius 1 is 1.10 bits per heavy atom. The van der Waals surface area contributed by atoms with Gasteiger partial charge in [-0.1, -0.05) is 24.3 Å². The van der Waals surface area contributed by atoms with E-state index < -0.39 is 0 Å². The Morgan fingerprint density at radius 2 is 1.90 bits per heavy atom. The number of thiophene rings is 1. The second kappa shape index (κ2) is 5.36. The molecule has 0 radical (unpaired) electrons. The molecule has 0 unspecified atom stereocenters. The zero-order chi connectivity index (χ0) is 13.9. The predicted molar refractivity (Wildman–Crippen MR) is 85.0 cm³/mol. The summed E-state index contributed by atoms with van der Waals surface area (Å²) in [5.41, 5.74) is 4.44. The van der Waals surface area contributed by atoms with E-state index in [1.165, 1.54) is 11.1 Å². The highest BCUT2D eigenvalue weighted by atomic mass is 32.1. The molecule has 0 aliphatic heterocycles. The van der Waals surface area contributed by atoms with E-state index in [0.717, 1.165) is 28.6 Å². The lowest BCUT2D eigenvalue weighted by atomic mass is 10.0. The van der Waals surface area contributed by atoms with Crippen molar-refractivity contribution < 1.29 is 0 Å². The van der Waals surface area contributed by atoms with Crippen LogP contribution in [0.3, 0.4) is 0 Å². The van der Waals surface area contributed by atoms with Crippen molar-refractivity contribution in [3.05, 3.63) is 63.8 Å². The molecule has 3 aromatic rings. The molecule has 1 N–H and O–H groups in total. The molecule has 1 aromatic heterocycles. The molecule has 0 atom stereocenters. The van der Waals surface area contributed by atoms with Crippen LogP contribution in [0.2, 0.25) is 0 Å². The summed E-state index contributed by atoms with van der Waals surface area (Å²) in [6.07, 6.45) is 0. The van der Waals surface area contributed by atoms with Gasteiger partial charge in [-0.15, -0.1) is 0 Å². The van der Waals surface area contributed by atoms with E-state index in [1.54, 1.807) is 11.3 Å². The zero-order valence-corrected chi connectivity index (χ0v) is 12.0. The van der Waals surface area contributed by atoms with Crippen molar-refractivity contribution in [1.29, 1.82) is 5.26 Å². The van der Waals surface area contributed by atoms with Gasteiger partial charge >= 0.3 is 0 Å². The largest absolute Gasteiger partial charge is 0.380 e. The fourth-order valence-corrected chi connectivity index (χ4v) is 3.17. The van der Waals surface area contributed by atoms with E-state index >= 15 is 0 Å². The summed E-state index contributed by atoms with van der Waals surface area (Å²) < 4.78 is 0. The average Bonchev–Trinajstić information content (AvgIpc) is 2.90. The Morgan fingerprint density at radius 3 is 2.60 bits per heavy atom. The molecule has 2 aromatic carbocycles. The van der Waals surface area contributed by atoms with E-state index in [9.17, 15) is 5.26 Å². The van der Waals surface area contributed by atoms with Crippen LogP contribution in [0, 0.1) is 18.3 Å². The molecule has 0 aliphatic rings. The minimum absolute atomic E-state index is 0.720. The number of fused-ring (bicyclic) bond motifs is 1. The summed E-state index contributed by atoms with van der Waals surface area (Å²) >= 11 is 1.73. The number of nitrogens with zero attached hydrogens (tertiary/aromatic N) is 1. The highest BCUT2D eigenvalue weighted by molar-refractivity contribution is 7.08. The molecule has 3 heteroatoms. The van der Waals surface area contributed by atoms with Crippen LogP contribution in [0.15, 0.2) is 47.2 Å². The summed E-state index contributed by atoms with van der Waals surface area (Å²) in [4.78, 5) is 0. The van der Waals surface area contributed by atoms with Crippen LogP contribution in [-0.2, 0) is 6.54 Å². The van der Waals surface area contributed by atoms with Gasteiger partial charge in [-0.3, -0.25) is 0 Å². The summed E-state index contributed by atoms with van der Waals surface area (Å²) in [5, 5.41) is 19.1. The normalized spacial score (nSPS) is 10.4. The van der Waals surface area contributed by atoms with Crippen LogP contribution < -0.4 is 5.32 Å². The van der Waals surface area contributed by atoms with Gasteiger partial charge in [-0.2, -0.15) is 16.6 Å². The van der Waals surface area contributed by atoms with Crippen LogP contribution in [0.1, 0.15) is 16.7 Å². The predicted octanol–water partition coefficient (Wildman–Crippen LogP) is 4.69. The third kappa shape index (κ3) is 2.26. The lowest BCUT2D eigenvalue weighted by molar-refractivity contribution is 1.14. The van der Waals surface area contributed by atoms with Gasteiger partial charge in [0, 0.05) is 23.0 Å². The molecule has 3 rings (SSSR count). The first-order chi connectivity index (χ1) is 9.79. The lowest BCUT2D eigenvalue weighted by Gasteiger charge is -2.10. The Kier molecular flexibility index (Phi) is 3.41. The Balaban J connectivity index is 1.97. The minimum Gasteiger partial charge on any atom is -0.380 e. The maximum absolute atomic E-state index is 9.17. The number of benzene rings is 2. The second-order valence-electron chi connectivity index (χ2n) is 4.75. The van der Waals surface area contributed by atoms with E-state index in [1.807, 2.05) is 30.3 Å². The Bertz CT molecular complexity index is 796. The molecule has 0 aliphatic carbocycles. The number of anilines is 1. The van der Waals surface area contributed by atoms with Gasteiger partial charge in [0.05, 0.1) is 11.6 Å². The molecule has 2 nitrogen and oxygen atoms in total. The average molecular weight is 278 g/mol. The number of hydrogen-bond acceptors (Lipinski definition) is 3. The number of nitriles is 1. The minimum atomic E-state index is 0.720. The Labute approximate surface area is 122 Å². The summed E-state index contributed by atoms with van der Waals surface area (Å²) in [5.74, 6) is 0. The van der Waals surface area contributed by atoms with Crippen molar-refractivity contribution in [1.82, 2.24) is 0 Å². The zero-order valence-electron chi connectivity index (χ0n) is 11.2. The van der Waals surface area contributed by atoms with Gasteiger partial charge < -0.3 is 5.32 Å². The first kappa shape index (κ1) is 12.7. The van der Waals surface area contributed by atoms with Crippen molar-refractivity contribution in [3.63, 3.8) is 0 Å². The lowest BCUT2D eigenvalue weighted by Crippen LogP contribution is -2.00. The molecule has 20 heavy (non-hydrogen) atoms. The quantitative estimate of drug-likeness (QED) is 0.754. The van der Waals surface area contributed by atoms with E-state index in [2.05, 4.69) is 35.1 Å². The van der Waals surface area contributed by atoms with Gasteiger partial charge in [-0.25, -0.2) is 0 Å². The van der Waals surface area contributed by atoms with Crippen molar-refractivity contribution in [3.8, 4) is 6.07 Å². The van der Waals surface area contributed by atoms with E-state index in [0.29, 0.717) is 0 Å². The van der Waals surface area contributed by atoms with Crippen LogP contribution in [0.5, 0.6) is 0 Å². The fourth-order valence-electron chi connectivity index (χ4n) is 2.31. The second-order valence-corrected chi connectivity index (χ2v) is 5.50. The smallest absolute Gasteiger partial charge is 0.0998 e. The highest BCUT2D eigenvalue weighted by Crippen LogP contribution is 2.27.